The lowest BCUT2D eigenvalue weighted by Gasteiger charge is -2.40. The molecule has 0 aliphatic carbocycles. The highest BCUT2D eigenvalue weighted by molar-refractivity contribution is 6.31. The first kappa shape index (κ1) is 28.3. The number of carbonyl (C=O) groups is 1. The van der Waals surface area contributed by atoms with E-state index in [0.717, 1.165) is 22.5 Å². The third-order valence-electron chi connectivity index (χ3n) is 6.67. The van der Waals surface area contributed by atoms with Gasteiger partial charge in [-0.25, -0.2) is 4.79 Å². The van der Waals surface area contributed by atoms with E-state index in [-0.39, 0.29) is 22.3 Å². The van der Waals surface area contributed by atoms with Crippen molar-refractivity contribution in [1.82, 2.24) is 9.88 Å². The molecule has 39 heavy (non-hydrogen) atoms. The van der Waals surface area contributed by atoms with Gasteiger partial charge in [0, 0.05) is 29.0 Å². The Kier molecular flexibility index (Phi) is 8.37. The quantitative estimate of drug-likeness (QED) is 0.293. The number of amides is 2. The highest BCUT2D eigenvalue weighted by atomic mass is 35.5. The number of halogens is 2. The number of aryl methyl sites for hydroxylation is 2. The number of nitrogens with one attached hydrogen (secondary N) is 3. The van der Waals surface area contributed by atoms with Crippen LogP contribution in [-0.4, -0.2) is 23.5 Å². The number of hydrogen-bond donors (Lipinski definition) is 3. The third-order valence-corrected chi connectivity index (χ3v) is 7.17. The van der Waals surface area contributed by atoms with Crippen LogP contribution < -0.4 is 25.8 Å². The van der Waals surface area contributed by atoms with Crippen LogP contribution in [0.3, 0.4) is 0 Å². The second-order valence-corrected chi connectivity index (χ2v) is 10.4. The van der Waals surface area contributed by atoms with E-state index in [2.05, 4.69) is 10.6 Å². The largest absolute Gasteiger partial charge is 0.495 e. The lowest BCUT2D eigenvalue weighted by atomic mass is 9.87. The summed E-state index contributed by atoms with van der Waals surface area (Å²) in [6, 6.07) is 13.2. The monoisotopic (exact) mass is 567 g/mol. The second kappa shape index (κ2) is 11.6. The number of amidine groups is 1. The number of hydrogen-bond acceptors (Lipinski definition) is 5. The van der Waals surface area contributed by atoms with Crippen molar-refractivity contribution in [3.05, 3.63) is 97.5 Å². The van der Waals surface area contributed by atoms with E-state index in [9.17, 15) is 9.59 Å². The van der Waals surface area contributed by atoms with Crippen LogP contribution >= 0.6 is 23.2 Å². The average molecular weight is 569 g/mol. The SMILES string of the molecule is CCn1cc(N2C(=O)NC(=N)/C(=C(\Nc3ccccc3OC)C(C)C)C2c2ccc(Cl)cc2C)cc(Cl)c1=O. The smallest absolute Gasteiger partial charge is 0.328 e. The van der Waals surface area contributed by atoms with Crippen LogP contribution in [0.4, 0.5) is 16.2 Å². The number of rotatable bonds is 7. The number of nitrogens with zero attached hydrogens (tertiary/aromatic N) is 2. The van der Waals surface area contributed by atoms with Crippen LogP contribution in [0.5, 0.6) is 5.75 Å². The summed E-state index contributed by atoms with van der Waals surface area (Å²) >= 11 is 12.6. The molecular formula is C29H31Cl2N5O3. The Morgan fingerprint density at radius 1 is 1.15 bits per heavy atom. The van der Waals surface area contributed by atoms with E-state index in [1.807, 2.05) is 64.1 Å². The van der Waals surface area contributed by atoms with Gasteiger partial charge in [0.15, 0.2) is 0 Å². The van der Waals surface area contributed by atoms with Gasteiger partial charge in [-0.3, -0.25) is 20.4 Å². The lowest BCUT2D eigenvalue weighted by molar-refractivity contribution is 0.247. The van der Waals surface area contributed by atoms with Crippen LogP contribution in [0.25, 0.3) is 0 Å². The zero-order valence-corrected chi connectivity index (χ0v) is 23.9. The van der Waals surface area contributed by atoms with E-state index < -0.39 is 12.1 Å². The van der Waals surface area contributed by atoms with E-state index in [0.29, 0.717) is 28.6 Å². The van der Waals surface area contributed by atoms with Crippen LogP contribution in [0, 0.1) is 18.3 Å². The fourth-order valence-corrected chi connectivity index (χ4v) is 5.22. The number of pyridine rings is 1. The van der Waals surface area contributed by atoms with E-state index in [1.54, 1.807) is 19.4 Å². The minimum Gasteiger partial charge on any atom is -0.495 e. The van der Waals surface area contributed by atoms with Gasteiger partial charge in [-0.2, -0.15) is 0 Å². The Morgan fingerprint density at radius 3 is 2.51 bits per heavy atom. The van der Waals surface area contributed by atoms with Crippen molar-refractivity contribution in [3.8, 4) is 5.75 Å². The summed E-state index contributed by atoms with van der Waals surface area (Å²) in [6.07, 6.45) is 1.61. The maximum absolute atomic E-state index is 13.6. The van der Waals surface area contributed by atoms with Crippen LogP contribution in [0.15, 0.2) is 70.8 Å². The Balaban J connectivity index is 2.04. The molecule has 2 aromatic carbocycles. The summed E-state index contributed by atoms with van der Waals surface area (Å²) < 4.78 is 7.02. The van der Waals surface area contributed by atoms with Crippen molar-refractivity contribution >= 4 is 46.4 Å². The molecule has 2 heterocycles. The van der Waals surface area contributed by atoms with Crippen molar-refractivity contribution in [2.45, 2.75) is 40.3 Å². The minimum atomic E-state index is -0.734. The number of anilines is 2. The molecule has 0 bridgehead atoms. The number of urea groups is 1. The average Bonchev–Trinajstić information content (AvgIpc) is 2.89. The van der Waals surface area contributed by atoms with Gasteiger partial charge < -0.3 is 14.6 Å². The molecule has 4 rings (SSSR count). The zero-order valence-electron chi connectivity index (χ0n) is 22.4. The number of benzene rings is 2. The summed E-state index contributed by atoms with van der Waals surface area (Å²) in [5.74, 6) is 0.530. The predicted octanol–water partition coefficient (Wildman–Crippen LogP) is 6.76. The van der Waals surface area contributed by atoms with Gasteiger partial charge in [-0.1, -0.05) is 55.2 Å². The first-order valence-electron chi connectivity index (χ1n) is 12.6. The number of ether oxygens (including phenoxy) is 1. The first-order chi connectivity index (χ1) is 18.6. The summed E-state index contributed by atoms with van der Waals surface area (Å²) in [5, 5.41) is 15.7. The standard InChI is InChI=1S/C29H31Cl2N5O3/c1-6-35-15-19(14-21(31)28(35)37)36-26(20-12-11-18(30)13-17(20)4)24(27(32)34-29(36)38)25(16(2)3)33-22-9-7-8-10-23(22)39-5/h7-16,26,33H,6H2,1-5H3,(H2,32,34,38)/b25-24-. The third kappa shape index (κ3) is 5.53. The normalized spacial score (nSPS) is 16.8. The van der Waals surface area contributed by atoms with Crippen LogP contribution in [0.1, 0.15) is 37.9 Å². The van der Waals surface area contributed by atoms with Crippen molar-refractivity contribution in [2.24, 2.45) is 5.92 Å². The Hall–Kier alpha value is -3.75. The Labute approximate surface area is 237 Å². The molecule has 3 aromatic rings. The molecule has 1 fully saturated rings. The van der Waals surface area contributed by atoms with Gasteiger partial charge in [0.25, 0.3) is 5.56 Å². The van der Waals surface area contributed by atoms with Crippen LogP contribution in [0.2, 0.25) is 10.0 Å². The molecule has 1 atom stereocenters. The molecule has 1 aromatic heterocycles. The van der Waals surface area contributed by atoms with Crippen molar-refractivity contribution in [1.29, 1.82) is 5.41 Å². The molecule has 0 radical (unpaired) electrons. The van der Waals surface area contributed by atoms with Crippen molar-refractivity contribution < 1.29 is 9.53 Å². The fraction of sp³-hybridized carbons (Fsp3) is 0.276. The molecule has 1 saturated heterocycles. The molecule has 1 aliphatic rings. The number of methoxy groups -OCH3 is 1. The van der Waals surface area contributed by atoms with Gasteiger partial charge in [0.05, 0.1) is 24.5 Å². The molecule has 1 aliphatic heterocycles. The first-order valence-corrected chi connectivity index (χ1v) is 13.3. The van der Waals surface area contributed by atoms with Gasteiger partial charge in [-0.15, -0.1) is 0 Å². The van der Waals surface area contributed by atoms with E-state index in [4.69, 9.17) is 33.3 Å². The van der Waals surface area contributed by atoms with Crippen molar-refractivity contribution in [3.63, 3.8) is 0 Å². The van der Waals surface area contributed by atoms with Crippen molar-refractivity contribution in [2.75, 3.05) is 17.3 Å². The molecule has 204 valence electrons. The molecule has 1 unspecified atom stereocenters. The van der Waals surface area contributed by atoms with Gasteiger partial charge >= 0.3 is 6.03 Å². The molecule has 0 saturated carbocycles. The summed E-state index contributed by atoms with van der Waals surface area (Å²) in [5.41, 5.74) is 3.70. The molecule has 3 N–H and O–H groups in total. The summed E-state index contributed by atoms with van der Waals surface area (Å²) in [6.45, 7) is 8.14. The van der Waals surface area contributed by atoms with Gasteiger partial charge in [0.1, 0.15) is 16.6 Å². The number of carbonyl (C=O) groups excluding carboxylic acids is 1. The van der Waals surface area contributed by atoms with E-state index >= 15 is 0 Å². The number of para-hydroxylation sites is 2. The number of aromatic nitrogens is 1. The van der Waals surface area contributed by atoms with Gasteiger partial charge in [-0.05, 0) is 61.2 Å². The molecule has 0 spiro atoms. The zero-order chi connectivity index (χ0) is 28.4. The Morgan fingerprint density at radius 2 is 1.87 bits per heavy atom. The molecular weight excluding hydrogens is 537 g/mol. The fourth-order valence-electron chi connectivity index (χ4n) is 4.77. The molecule has 2 amide bonds. The van der Waals surface area contributed by atoms with E-state index in [1.165, 1.54) is 15.5 Å². The topological polar surface area (TPSA) is 99.5 Å². The number of allylic oxidation sites excluding steroid dienone is 1. The molecule has 10 heteroatoms. The van der Waals surface area contributed by atoms with Crippen LogP contribution in [-0.2, 0) is 6.54 Å². The molecule has 8 nitrogen and oxygen atoms in total. The second-order valence-electron chi connectivity index (χ2n) is 9.52. The lowest BCUT2D eigenvalue weighted by Crippen LogP contribution is -2.53. The predicted molar refractivity (Wildman–Crippen MR) is 158 cm³/mol. The highest BCUT2D eigenvalue weighted by Crippen LogP contribution is 2.41. The maximum Gasteiger partial charge on any atom is 0.328 e. The maximum atomic E-state index is 13.6. The Bertz CT molecular complexity index is 1530. The summed E-state index contributed by atoms with van der Waals surface area (Å²) in [7, 11) is 1.60. The highest BCUT2D eigenvalue weighted by Gasteiger charge is 2.40. The van der Waals surface area contributed by atoms with Gasteiger partial charge in [0.2, 0.25) is 0 Å². The summed E-state index contributed by atoms with van der Waals surface area (Å²) in [4.78, 5) is 27.7. The minimum absolute atomic E-state index is 0.00358.